The van der Waals surface area contributed by atoms with Gasteiger partial charge in [0.25, 0.3) is 0 Å². The minimum atomic E-state index is 1.04. The lowest BCUT2D eigenvalue weighted by Crippen LogP contribution is -2.29. The maximum absolute atomic E-state index is 3.53. The van der Waals surface area contributed by atoms with Crippen LogP contribution in [0, 0.1) is 0 Å². The summed E-state index contributed by atoms with van der Waals surface area (Å²) in [6.07, 6.45) is 2.41. The second kappa shape index (κ2) is 7.21. The van der Waals surface area contributed by atoms with Gasteiger partial charge in [-0.2, -0.15) is 0 Å². The van der Waals surface area contributed by atoms with Gasteiger partial charge in [-0.15, -0.1) is 11.3 Å². The van der Waals surface area contributed by atoms with E-state index >= 15 is 0 Å². The van der Waals surface area contributed by atoms with Crippen molar-refractivity contribution < 1.29 is 0 Å². The SMILES string of the molecule is CCCNCc1csc2c1CCN(Cc1ccccc1)C2. The van der Waals surface area contributed by atoms with E-state index in [1.165, 1.54) is 30.5 Å². The monoisotopic (exact) mass is 300 g/mol. The first-order valence-electron chi connectivity index (χ1n) is 7.92. The van der Waals surface area contributed by atoms with Crippen LogP contribution >= 0.6 is 11.3 Å². The average Bonchev–Trinajstić information content (AvgIpc) is 2.91. The molecule has 112 valence electrons. The third-order valence-corrected chi connectivity index (χ3v) is 5.17. The Hall–Kier alpha value is -1.16. The topological polar surface area (TPSA) is 15.3 Å². The highest BCUT2D eigenvalue weighted by molar-refractivity contribution is 7.10. The molecular weight excluding hydrogens is 276 g/mol. The van der Waals surface area contributed by atoms with Crippen molar-refractivity contribution in [2.24, 2.45) is 0 Å². The summed E-state index contributed by atoms with van der Waals surface area (Å²) < 4.78 is 0. The van der Waals surface area contributed by atoms with Crippen molar-refractivity contribution >= 4 is 11.3 Å². The highest BCUT2D eigenvalue weighted by Gasteiger charge is 2.20. The maximum Gasteiger partial charge on any atom is 0.0334 e. The molecule has 3 heteroatoms. The summed E-state index contributed by atoms with van der Waals surface area (Å²) in [6, 6.07) is 10.8. The van der Waals surface area contributed by atoms with Gasteiger partial charge in [0.2, 0.25) is 0 Å². The molecular formula is C18H24N2S. The molecule has 0 atom stereocenters. The summed E-state index contributed by atoms with van der Waals surface area (Å²) >= 11 is 1.94. The van der Waals surface area contributed by atoms with E-state index in [1.54, 1.807) is 10.4 Å². The molecule has 0 spiro atoms. The molecule has 1 N–H and O–H groups in total. The van der Waals surface area contributed by atoms with Crippen LogP contribution in [0.4, 0.5) is 0 Å². The Balaban J connectivity index is 1.61. The fraction of sp³-hybridized carbons (Fsp3) is 0.444. The van der Waals surface area contributed by atoms with Crippen molar-refractivity contribution in [3.63, 3.8) is 0 Å². The molecule has 0 bridgehead atoms. The number of fused-ring (bicyclic) bond motifs is 1. The molecule has 0 fully saturated rings. The molecule has 2 heterocycles. The Morgan fingerprint density at radius 2 is 2.10 bits per heavy atom. The number of nitrogens with one attached hydrogen (secondary N) is 1. The van der Waals surface area contributed by atoms with Crippen LogP contribution in [0.2, 0.25) is 0 Å². The molecule has 2 aromatic rings. The second-order valence-electron chi connectivity index (χ2n) is 5.79. The van der Waals surface area contributed by atoms with Crippen molar-refractivity contribution in [1.82, 2.24) is 10.2 Å². The van der Waals surface area contributed by atoms with E-state index in [9.17, 15) is 0 Å². The maximum atomic E-state index is 3.53. The van der Waals surface area contributed by atoms with Crippen molar-refractivity contribution in [3.05, 3.63) is 57.3 Å². The lowest BCUT2D eigenvalue weighted by molar-refractivity contribution is 0.248. The first kappa shape index (κ1) is 14.8. The molecule has 1 aliphatic heterocycles. The Labute approximate surface area is 131 Å². The van der Waals surface area contributed by atoms with Crippen LogP contribution in [0.15, 0.2) is 35.7 Å². The smallest absolute Gasteiger partial charge is 0.0334 e. The molecule has 0 unspecified atom stereocenters. The predicted molar refractivity (Wildman–Crippen MR) is 90.6 cm³/mol. The average molecular weight is 300 g/mol. The lowest BCUT2D eigenvalue weighted by atomic mass is 10.0. The zero-order valence-corrected chi connectivity index (χ0v) is 13.6. The van der Waals surface area contributed by atoms with Gasteiger partial charge in [-0.3, -0.25) is 4.90 Å². The van der Waals surface area contributed by atoms with Gasteiger partial charge in [-0.05, 0) is 41.5 Å². The number of nitrogens with zero attached hydrogens (tertiary/aromatic N) is 1. The summed E-state index contributed by atoms with van der Waals surface area (Å²) in [6.45, 7) is 7.74. The zero-order chi connectivity index (χ0) is 14.5. The molecule has 1 aliphatic rings. The Morgan fingerprint density at radius 1 is 1.24 bits per heavy atom. The van der Waals surface area contributed by atoms with Gasteiger partial charge in [0.15, 0.2) is 0 Å². The summed E-state index contributed by atoms with van der Waals surface area (Å²) in [7, 11) is 0. The van der Waals surface area contributed by atoms with E-state index < -0.39 is 0 Å². The van der Waals surface area contributed by atoms with E-state index in [-0.39, 0.29) is 0 Å². The first-order chi connectivity index (χ1) is 10.4. The van der Waals surface area contributed by atoms with E-state index in [4.69, 9.17) is 0 Å². The number of rotatable bonds is 6. The number of hydrogen-bond donors (Lipinski definition) is 1. The highest BCUT2D eigenvalue weighted by Crippen LogP contribution is 2.29. The van der Waals surface area contributed by atoms with E-state index in [0.29, 0.717) is 0 Å². The lowest BCUT2D eigenvalue weighted by Gasteiger charge is -2.27. The van der Waals surface area contributed by atoms with Crippen LogP contribution in [0.25, 0.3) is 0 Å². The molecule has 0 saturated carbocycles. The molecule has 1 aromatic heterocycles. The summed E-state index contributed by atoms with van der Waals surface area (Å²) in [5, 5.41) is 5.89. The van der Waals surface area contributed by atoms with Crippen molar-refractivity contribution in [2.45, 2.75) is 39.4 Å². The summed E-state index contributed by atoms with van der Waals surface area (Å²) in [5.74, 6) is 0. The third kappa shape index (κ3) is 3.73. The number of benzene rings is 1. The highest BCUT2D eigenvalue weighted by atomic mass is 32.1. The Bertz CT molecular complexity index is 562. The molecule has 0 radical (unpaired) electrons. The normalized spacial score (nSPS) is 15.1. The summed E-state index contributed by atoms with van der Waals surface area (Å²) in [5.41, 5.74) is 4.57. The molecule has 1 aromatic carbocycles. The molecule has 0 saturated heterocycles. The van der Waals surface area contributed by atoms with E-state index in [0.717, 1.165) is 26.2 Å². The molecule has 2 nitrogen and oxygen atoms in total. The zero-order valence-electron chi connectivity index (χ0n) is 12.8. The van der Waals surface area contributed by atoms with Gasteiger partial charge in [-0.1, -0.05) is 37.3 Å². The molecule has 3 rings (SSSR count). The van der Waals surface area contributed by atoms with Crippen LogP contribution in [0.5, 0.6) is 0 Å². The van der Waals surface area contributed by atoms with Crippen LogP contribution in [-0.2, 0) is 26.1 Å². The van der Waals surface area contributed by atoms with Gasteiger partial charge in [-0.25, -0.2) is 0 Å². The first-order valence-corrected chi connectivity index (χ1v) is 8.80. The third-order valence-electron chi connectivity index (χ3n) is 4.10. The van der Waals surface area contributed by atoms with Crippen LogP contribution in [-0.4, -0.2) is 18.0 Å². The largest absolute Gasteiger partial charge is 0.313 e. The predicted octanol–water partition coefficient (Wildman–Crippen LogP) is 3.81. The van der Waals surface area contributed by atoms with Gasteiger partial charge < -0.3 is 5.32 Å². The van der Waals surface area contributed by atoms with E-state index in [2.05, 4.69) is 52.9 Å². The van der Waals surface area contributed by atoms with Gasteiger partial charge >= 0.3 is 0 Å². The standard InChI is InChI=1S/C18H24N2S/c1-2-9-19-11-16-14-21-18-13-20(10-8-17(16)18)12-15-6-4-3-5-7-15/h3-7,14,19H,2,8-13H2,1H3. The van der Waals surface area contributed by atoms with Gasteiger partial charge in [0.1, 0.15) is 0 Å². The van der Waals surface area contributed by atoms with E-state index in [1.807, 2.05) is 11.3 Å². The van der Waals surface area contributed by atoms with Crippen LogP contribution < -0.4 is 5.32 Å². The van der Waals surface area contributed by atoms with Crippen molar-refractivity contribution in [3.8, 4) is 0 Å². The quantitative estimate of drug-likeness (QED) is 0.816. The van der Waals surface area contributed by atoms with Gasteiger partial charge in [0.05, 0.1) is 0 Å². The fourth-order valence-electron chi connectivity index (χ4n) is 2.97. The fourth-order valence-corrected chi connectivity index (χ4v) is 4.12. The van der Waals surface area contributed by atoms with Crippen LogP contribution in [0.3, 0.4) is 0 Å². The number of thiophene rings is 1. The molecule has 0 amide bonds. The Morgan fingerprint density at radius 3 is 2.90 bits per heavy atom. The second-order valence-corrected chi connectivity index (χ2v) is 6.75. The molecule has 0 aliphatic carbocycles. The van der Waals surface area contributed by atoms with Crippen molar-refractivity contribution in [1.29, 1.82) is 0 Å². The summed E-state index contributed by atoms with van der Waals surface area (Å²) in [4.78, 5) is 4.14. The van der Waals surface area contributed by atoms with Crippen LogP contribution in [0.1, 0.15) is 34.9 Å². The minimum Gasteiger partial charge on any atom is -0.313 e. The number of hydrogen-bond acceptors (Lipinski definition) is 3. The molecule has 21 heavy (non-hydrogen) atoms. The Kier molecular flexibility index (Phi) is 5.07. The minimum absolute atomic E-state index is 1.04. The van der Waals surface area contributed by atoms with Crippen molar-refractivity contribution in [2.75, 3.05) is 13.1 Å². The van der Waals surface area contributed by atoms with Gasteiger partial charge in [0, 0.05) is 31.1 Å².